The van der Waals surface area contributed by atoms with Crippen LogP contribution in [-0.2, 0) is 14.9 Å². The fraction of sp³-hybridized carbons (Fsp3) is 0.500. The van der Waals surface area contributed by atoms with E-state index in [1.54, 1.807) is 6.08 Å². The number of hydrogen-bond donors (Lipinski definition) is 0. The van der Waals surface area contributed by atoms with Crippen LogP contribution in [0.2, 0.25) is 0 Å². The fourth-order valence-electron chi connectivity index (χ4n) is 2.08. The average Bonchev–Trinajstić information content (AvgIpc) is 2.38. The maximum atomic E-state index is 11.6. The lowest BCUT2D eigenvalue weighted by molar-refractivity contribution is -0.137. The van der Waals surface area contributed by atoms with Crippen LogP contribution in [0.15, 0.2) is 30.3 Å². The Morgan fingerprint density at radius 2 is 1.75 bits per heavy atom. The first-order chi connectivity index (χ1) is 9.38. The molecular weight excluding hydrogens is 248 g/mol. The molecule has 1 rings (SSSR count). The normalized spacial score (nSPS) is 12.3. The minimum atomic E-state index is -0.254. The van der Waals surface area contributed by atoms with Gasteiger partial charge in [0.05, 0.1) is 6.61 Å². The molecule has 0 saturated carbocycles. The van der Waals surface area contributed by atoms with Gasteiger partial charge in [-0.2, -0.15) is 0 Å². The molecule has 0 heterocycles. The molecule has 0 radical (unpaired) electrons. The average molecular weight is 274 g/mol. The third-order valence-corrected chi connectivity index (χ3v) is 3.22. The van der Waals surface area contributed by atoms with Crippen LogP contribution >= 0.6 is 0 Å². The Bertz CT molecular complexity index is 461. The van der Waals surface area contributed by atoms with Crippen LogP contribution in [-0.4, -0.2) is 12.6 Å². The van der Waals surface area contributed by atoms with Crippen molar-refractivity contribution in [1.82, 2.24) is 0 Å². The first-order valence-electron chi connectivity index (χ1n) is 7.36. The van der Waals surface area contributed by atoms with Crippen LogP contribution < -0.4 is 0 Å². The molecule has 1 aromatic carbocycles. The van der Waals surface area contributed by atoms with E-state index in [2.05, 4.69) is 52.0 Å². The zero-order valence-electron chi connectivity index (χ0n) is 13.3. The summed E-state index contributed by atoms with van der Waals surface area (Å²) in [4.78, 5) is 11.6. The van der Waals surface area contributed by atoms with Crippen molar-refractivity contribution in [2.75, 3.05) is 6.61 Å². The van der Waals surface area contributed by atoms with Gasteiger partial charge in [0, 0.05) is 6.08 Å². The van der Waals surface area contributed by atoms with Gasteiger partial charge < -0.3 is 4.74 Å². The number of benzene rings is 1. The van der Waals surface area contributed by atoms with Crippen molar-refractivity contribution in [3.8, 4) is 0 Å². The second-order valence-corrected chi connectivity index (χ2v) is 6.00. The van der Waals surface area contributed by atoms with Crippen LogP contribution in [0.5, 0.6) is 0 Å². The fourth-order valence-corrected chi connectivity index (χ4v) is 2.08. The van der Waals surface area contributed by atoms with Crippen molar-refractivity contribution in [2.45, 2.75) is 52.9 Å². The van der Waals surface area contributed by atoms with Crippen LogP contribution in [0.1, 0.15) is 58.6 Å². The topological polar surface area (TPSA) is 26.3 Å². The van der Waals surface area contributed by atoms with Crippen molar-refractivity contribution < 1.29 is 9.53 Å². The number of esters is 1. The molecule has 0 aromatic heterocycles. The SMILES string of the molecule is CCCC(=CC(=O)OCC)c1ccc(C(C)(C)C)cc1. The third-order valence-electron chi connectivity index (χ3n) is 3.22. The number of carbonyl (C=O) groups is 1. The molecule has 0 fully saturated rings. The van der Waals surface area contributed by atoms with Crippen molar-refractivity contribution in [1.29, 1.82) is 0 Å². The zero-order valence-corrected chi connectivity index (χ0v) is 13.3. The number of hydrogen-bond acceptors (Lipinski definition) is 2. The van der Waals surface area contributed by atoms with Gasteiger partial charge >= 0.3 is 5.97 Å². The largest absolute Gasteiger partial charge is 0.463 e. The molecule has 0 aliphatic heterocycles. The van der Waals surface area contributed by atoms with Gasteiger partial charge in [0.15, 0.2) is 0 Å². The van der Waals surface area contributed by atoms with Crippen LogP contribution in [0.4, 0.5) is 0 Å². The summed E-state index contributed by atoms with van der Waals surface area (Å²) in [6.07, 6.45) is 3.51. The molecule has 0 bridgehead atoms. The summed E-state index contributed by atoms with van der Waals surface area (Å²) in [5.41, 5.74) is 3.60. The Morgan fingerprint density at radius 3 is 2.20 bits per heavy atom. The van der Waals surface area contributed by atoms with Gasteiger partial charge in [-0.15, -0.1) is 0 Å². The second-order valence-electron chi connectivity index (χ2n) is 6.00. The quantitative estimate of drug-likeness (QED) is 0.573. The minimum Gasteiger partial charge on any atom is -0.463 e. The standard InChI is InChI=1S/C18H26O2/c1-6-8-15(13-17(19)20-7-2)14-9-11-16(12-10-14)18(3,4)5/h9-13H,6-8H2,1-5H3. The van der Waals surface area contributed by atoms with E-state index in [9.17, 15) is 4.79 Å². The lowest BCUT2D eigenvalue weighted by atomic mass is 9.86. The van der Waals surface area contributed by atoms with E-state index in [1.165, 1.54) is 5.56 Å². The van der Waals surface area contributed by atoms with Crippen molar-refractivity contribution in [2.24, 2.45) is 0 Å². The first kappa shape index (κ1) is 16.5. The highest BCUT2D eigenvalue weighted by Gasteiger charge is 2.13. The predicted molar refractivity (Wildman–Crippen MR) is 84.7 cm³/mol. The highest BCUT2D eigenvalue weighted by molar-refractivity contribution is 5.91. The molecule has 0 aliphatic rings. The summed E-state index contributed by atoms with van der Waals surface area (Å²) < 4.78 is 5.00. The second kappa shape index (κ2) is 7.28. The molecule has 0 aliphatic carbocycles. The van der Waals surface area contributed by atoms with E-state index in [-0.39, 0.29) is 11.4 Å². The molecule has 110 valence electrons. The number of carbonyl (C=O) groups excluding carboxylic acids is 1. The number of rotatable bonds is 5. The van der Waals surface area contributed by atoms with Crippen LogP contribution in [0.25, 0.3) is 5.57 Å². The Labute approximate surface area is 122 Å². The Kier molecular flexibility index (Phi) is 6.00. The van der Waals surface area contributed by atoms with Crippen molar-refractivity contribution in [3.05, 3.63) is 41.5 Å². The number of allylic oxidation sites excluding steroid dienone is 1. The molecule has 0 saturated heterocycles. The molecule has 0 N–H and O–H groups in total. The van der Waals surface area contributed by atoms with Gasteiger partial charge in [0.2, 0.25) is 0 Å². The highest BCUT2D eigenvalue weighted by Crippen LogP contribution is 2.26. The summed E-state index contributed by atoms with van der Waals surface area (Å²) in [6, 6.07) is 8.48. The third kappa shape index (κ3) is 4.84. The first-order valence-corrected chi connectivity index (χ1v) is 7.36. The maximum Gasteiger partial charge on any atom is 0.331 e. The van der Waals surface area contributed by atoms with Crippen molar-refractivity contribution >= 4 is 11.5 Å². The molecule has 2 heteroatoms. The minimum absolute atomic E-state index is 0.147. The summed E-state index contributed by atoms with van der Waals surface area (Å²) in [5.74, 6) is -0.254. The van der Waals surface area contributed by atoms with Crippen molar-refractivity contribution in [3.63, 3.8) is 0 Å². The summed E-state index contributed by atoms with van der Waals surface area (Å²) in [6.45, 7) is 10.9. The van der Waals surface area contributed by atoms with Crippen LogP contribution in [0, 0.1) is 0 Å². The Hall–Kier alpha value is -1.57. The van der Waals surface area contributed by atoms with Gasteiger partial charge in [-0.05, 0) is 35.5 Å². The van der Waals surface area contributed by atoms with E-state index in [0.29, 0.717) is 6.61 Å². The van der Waals surface area contributed by atoms with E-state index in [1.807, 2.05) is 6.92 Å². The van der Waals surface area contributed by atoms with Gasteiger partial charge in [0.1, 0.15) is 0 Å². The van der Waals surface area contributed by atoms with Gasteiger partial charge in [0.25, 0.3) is 0 Å². The Balaban J connectivity index is 3.01. The van der Waals surface area contributed by atoms with Gasteiger partial charge in [-0.25, -0.2) is 4.79 Å². The molecule has 0 atom stereocenters. The number of ether oxygens (including phenoxy) is 1. The van der Waals surface area contributed by atoms with E-state index in [4.69, 9.17) is 4.74 Å². The Morgan fingerprint density at radius 1 is 1.15 bits per heavy atom. The molecular formula is C18H26O2. The molecule has 0 amide bonds. The molecule has 2 nitrogen and oxygen atoms in total. The lowest BCUT2D eigenvalue weighted by Crippen LogP contribution is -2.10. The van der Waals surface area contributed by atoms with E-state index >= 15 is 0 Å². The van der Waals surface area contributed by atoms with E-state index < -0.39 is 0 Å². The zero-order chi connectivity index (χ0) is 15.2. The summed E-state index contributed by atoms with van der Waals surface area (Å²) in [7, 11) is 0. The molecule has 1 aromatic rings. The monoisotopic (exact) mass is 274 g/mol. The van der Waals surface area contributed by atoms with Gasteiger partial charge in [-0.3, -0.25) is 0 Å². The molecule has 0 spiro atoms. The maximum absolute atomic E-state index is 11.6. The van der Waals surface area contributed by atoms with E-state index in [0.717, 1.165) is 24.0 Å². The molecule has 20 heavy (non-hydrogen) atoms. The predicted octanol–water partition coefficient (Wildman–Crippen LogP) is 4.73. The lowest BCUT2D eigenvalue weighted by Gasteiger charge is -2.19. The van der Waals surface area contributed by atoms with Gasteiger partial charge in [-0.1, -0.05) is 58.4 Å². The summed E-state index contributed by atoms with van der Waals surface area (Å²) >= 11 is 0. The smallest absolute Gasteiger partial charge is 0.331 e. The summed E-state index contributed by atoms with van der Waals surface area (Å²) in [5, 5.41) is 0. The van der Waals surface area contributed by atoms with Crippen LogP contribution in [0.3, 0.4) is 0 Å². The highest BCUT2D eigenvalue weighted by atomic mass is 16.5. The molecule has 0 unspecified atom stereocenters.